The van der Waals surface area contributed by atoms with Crippen LogP contribution in [0.15, 0.2) is 30.6 Å². The molecule has 0 aromatic carbocycles. The Kier molecular flexibility index (Phi) is 3.90. The third kappa shape index (κ3) is 2.97. The number of fused-ring (bicyclic) bond motifs is 1. The molecule has 124 valence electrons. The third-order valence-electron chi connectivity index (χ3n) is 4.86. The van der Waals surface area contributed by atoms with Crippen molar-refractivity contribution in [3.8, 4) is 11.3 Å². The van der Waals surface area contributed by atoms with E-state index >= 15 is 0 Å². The Hall–Kier alpha value is -2.47. The van der Waals surface area contributed by atoms with Crippen LogP contribution in [0.5, 0.6) is 0 Å². The summed E-state index contributed by atoms with van der Waals surface area (Å²) >= 11 is 0. The van der Waals surface area contributed by atoms with Gasteiger partial charge >= 0.3 is 0 Å². The lowest BCUT2D eigenvalue weighted by molar-refractivity contribution is 0.218. The number of nitrogens with zero attached hydrogens (tertiary/aromatic N) is 4. The number of piperidine rings is 1. The van der Waals surface area contributed by atoms with Gasteiger partial charge in [0.15, 0.2) is 0 Å². The van der Waals surface area contributed by atoms with E-state index in [0.717, 1.165) is 47.5 Å². The topological polar surface area (TPSA) is 83.7 Å². The molecule has 6 heteroatoms. The Morgan fingerprint density at radius 1 is 1.29 bits per heavy atom. The van der Waals surface area contributed by atoms with Crippen LogP contribution < -0.4 is 5.73 Å². The monoisotopic (exact) mass is 322 g/mol. The molecule has 0 radical (unpaired) electrons. The van der Waals surface area contributed by atoms with Crippen molar-refractivity contribution in [1.82, 2.24) is 24.8 Å². The van der Waals surface area contributed by atoms with Gasteiger partial charge in [-0.05, 0) is 63.5 Å². The highest BCUT2D eigenvalue weighted by Crippen LogP contribution is 2.28. The van der Waals surface area contributed by atoms with E-state index in [-0.39, 0.29) is 0 Å². The van der Waals surface area contributed by atoms with Crippen LogP contribution in [-0.4, -0.2) is 45.0 Å². The average Bonchev–Trinajstić information content (AvgIpc) is 3.01. The van der Waals surface area contributed by atoms with Crippen molar-refractivity contribution >= 4 is 17.0 Å². The minimum absolute atomic E-state index is 0.341. The molecule has 4 rings (SSSR count). The Bertz CT molecular complexity index is 848. The number of hydrogen-bond acceptors (Lipinski definition) is 5. The molecule has 3 aromatic rings. The molecule has 1 fully saturated rings. The Morgan fingerprint density at radius 2 is 2.12 bits per heavy atom. The predicted molar refractivity (Wildman–Crippen MR) is 95.5 cm³/mol. The molecule has 24 heavy (non-hydrogen) atoms. The number of aromatic nitrogens is 4. The number of rotatable bonds is 3. The molecule has 0 aliphatic carbocycles. The van der Waals surface area contributed by atoms with Crippen molar-refractivity contribution in [3.05, 3.63) is 36.3 Å². The fourth-order valence-corrected chi connectivity index (χ4v) is 3.49. The summed E-state index contributed by atoms with van der Waals surface area (Å²) < 4.78 is 0. The van der Waals surface area contributed by atoms with Crippen molar-refractivity contribution in [2.24, 2.45) is 5.92 Å². The molecular weight excluding hydrogens is 300 g/mol. The summed E-state index contributed by atoms with van der Waals surface area (Å²) in [4.78, 5) is 18.8. The van der Waals surface area contributed by atoms with Gasteiger partial charge in [-0.1, -0.05) is 0 Å². The summed E-state index contributed by atoms with van der Waals surface area (Å²) in [5.41, 5.74) is 9.77. The van der Waals surface area contributed by atoms with Crippen LogP contribution in [0.1, 0.15) is 18.5 Å². The van der Waals surface area contributed by atoms with Crippen molar-refractivity contribution < 1.29 is 0 Å². The lowest BCUT2D eigenvalue weighted by Crippen LogP contribution is -2.31. The smallest absolute Gasteiger partial charge is 0.220 e. The van der Waals surface area contributed by atoms with E-state index in [1.54, 1.807) is 6.20 Å². The van der Waals surface area contributed by atoms with E-state index in [1.165, 1.54) is 12.8 Å². The molecule has 0 spiro atoms. The van der Waals surface area contributed by atoms with Gasteiger partial charge in [-0.3, -0.25) is 0 Å². The molecule has 0 saturated carbocycles. The molecular formula is C18H22N6. The quantitative estimate of drug-likeness (QED) is 0.774. The van der Waals surface area contributed by atoms with Crippen LogP contribution in [-0.2, 0) is 6.42 Å². The molecule has 4 heterocycles. The number of aromatic amines is 1. The summed E-state index contributed by atoms with van der Waals surface area (Å²) in [6.45, 7) is 2.32. The standard InChI is InChI=1S/C18H22N6/c1-24-7-4-12(5-8-24)9-13-10-16(23-18(19)22-13)15-11-21-17-14(15)3-2-6-20-17/h2-3,6,10-12H,4-5,7-9H2,1H3,(H,20,21)(H2,19,22,23). The summed E-state index contributed by atoms with van der Waals surface area (Å²) in [6.07, 6.45) is 7.12. The Morgan fingerprint density at radius 3 is 2.96 bits per heavy atom. The minimum Gasteiger partial charge on any atom is -0.368 e. The van der Waals surface area contributed by atoms with E-state index < -0.39 is 0 Å². The number of anilines is 1. The third-order valence-corrected chi connectivity index (χ3v) is 4.86. The molecule has 1 saturated heterocycles. The fraction of sp³-hybridized carbons (Fsp3) is 0.389. The summed E-state index contributed by atoms with van der Waals surface area (Å²) in [7, 11) is 2.18. The SMILES string of the molecule is CN1CCC(Cc2cc(-c3c[nH]c4ncccc34)nc(N)n2)CC1. The lowest BCUT2D eigenvalue weighted by Gasteiger charge is -2.28. The zero-order valence-corrected chi connectivity index (χ0v) is 13.9. The molecule has 3 N–H and O–H groups in total. The number of nitrogens with two attached hydrogens (primary N) is 1. The first-order chi connectivity index (χ1) is 11.7. The van der Waals surface area contributed by atoms with E-state index in [0.29, 0.717) is 11.9 Å². The first kappa shape index (κ1) is 15.1. The van der Waals surface area contributed by atoms with Gasteiger partial charge in [0.25, 0.3) is 0 Å². The lowest BCUT2D eigenvalue weighted by atomic mass is 9.92. The molecule has 1 aliphatic heterocycles. The molecule has 0 amide bonds. The largest absolute Gasteiger partial charge is 0.368 e. The van der Waals surface area contributed by atoms with Gasteiger partial charge in [-0.2, -0.15) is 0 Å². The van der Waals surface area contributed by atoms with Gasteiger partial charge in [0.1, 0.15) is 5.65 Å². The first-order valence-electron chi connectivity index (χ1n) is 8.43. The number of pyridine rings is 1. The maximum Gasteiger partial charge on any atom is 0.220 e. The zero-order chi connectivity index (χ0) is 16.5. The van der Waals surface area contributed by atoms with Crippen LogP contribution in [0.4, 0.5) is 5.95 Å². The van der Waals surface area contributed by atoms with Crippen molar-refractivity contribution in [2.75, 3.05) is 25.9 Å². The summed E-state index contributed by atoms with van der Waals surface area (Å²) in [6, 6.07) is 6.05. The van der Waals surface area contributed by atoms with Crippen LogP contribution in [0.25, 0.3) is 22.3 Å². The maximum atomic E-state index is 5.98. The zero-order valence-electron chi connectivity index (χ0n) is 13.9. The fourth-order valence-electron chi connectivity index (χ4n) is 3.49. The summed E-state index contributed by atoms with van der Waals surface area (Å²) in [5.74, 6) is 1.02. The van der Waals surface area contributed by atoms with Crippen molar-refractivity contribution in [1.29, 1.82) is 0 Å². The molecule has 1 aliphatic rings. The first-order valence-corrected chi connectivity index (χ1v) is 8.43. The molecule has 0 unspecified atom stereocenters. The van der Waals surface area contributed by atoms with E-state index in [9.17, 15) is 0 Å². The van der Waals surface area contributed by atoms with Crippen LogP contribution in [0.2, 0.25) is 0 Å². The van der Waals surface area contributed by atoms with Gasteiger partial charge in [-0.15, -0.1) is 0 Å². The highest BCUT2D eigenvalue weighted by molar-refractivity contribution is 5.92. The number of H-pyrrole nitrogens is 1. The van der Waals surface area contributed by atoms with Gasteiger partial charge in [0, 0.05) is 29.0 Å². The minimum atomic E-state index is 0.341. The number of likely N-dealkylation sites (tertiary alicyclic amines) is 1. The second-order valence-corrected chi connectivity index (χ2v) is 6.66. The second kappa shape index (κ2) is 6.20. The Labute approximate surface area is 141 Å². The summed E-state index contributed by atoms with van der Waals surface area (Å²) in [5, 5.41) is 1.06. The van der Waals surface area contributed by atoms with Crippen molar-refractivity contribution in [2.45, 2.75) is 19.3 Å². The normalized spacial score (nSPS) is 16.7. The Balaban J connectivity index is 1.64. The maximum absolute atomic E-state index is 5.98. The average molecular weight is 322 g/mol. The molecule has 0 bridgehead atoms. The van der Waals surface area contributed by atoms with Gasteiger partial charge in [0.2, 0.25) is 5.95 Å². The number of nitrogens with one attached hydrogen (secondary N) is 1. The van der Waals surface area contributed by atoms with E-state index in [2.05, 4.69) is 37.9 Å². The molecule has 6 nitrogen and oxygen atoms in total. The van der Waals surface area contributed by atoms with Crippen LogP contribution >= 0.6 is 0 Å². The van der Waals surface area contributed by atoms with E-state index in [1.807, 2.05) is 18.3 Å². The van der Waals surface area contributed by atoms with Crippen LogP contribution in [0.3, 0.4) is 0 Å². The highest BCUT2D eigenvalue weighted by Gasteiger charge is 2.19. The van der Waals surface area contributed by atoms with Gasteiger partial charge in [0.05, 0.1) is 5.69 Å². The number of hydrogen-bond donors (Lipinski definition) is 2. The van der Waals surface area contributed by atoms with Gasteiger partial charge in [-0.25, -0.2) is 15.0 Å². The highest BCUT2D eigenvalue weighted by atomic mass is 15.1. The van der Waals surface area contributed by atoms with E-state index in [4.69, 9.17) is 5.73 Å². The van der Waals surface area contributed by atoms with Gasteiger partial charge < -0.3 is 15.6 Å². The predicted octanol–water partition coefficient (Wildman–Crippen LogP) is 2.49. The molecule has 3 aromatic heterocycles. The number of nitrogen functional groups attached to an aromatic ring is 1. The van der Waals surface area contributed by atoms with Crippen LogP contribution in [0, 0.1) is 5.92 Å². The van der Waals surface area contributed by atoms with Crippen molar-refractivity contribution in [3.63, 3.8) is 0 Å². The second-order valence-electron chi connectivity index (χ2n) is 6.66. The molecule has 0 atom stereocenters.